The fraction of sp³-hybridized carbons (Fsp3) is 0.333. The van der Waals surface area contributed by atoms with E-state index < -0.39 is 0 Å². The Balaban J connectivity index is 2.37. The third-order valence-electron chi connectivity index (χ3n) is 3.22. The van der Waals surface area contributed by atoms with Crippen LogP contribution in [0.5, 0.6) is 0 Å². The second-order valence-corrected chi connectivity index (χ2v) is 5.35. The number of anilines is 4. The number of nitrogens with zero attached hydrogens (tertiary/aromatic N) is 3. The van der Waals surface area contributed by atoms with Crippen molar-refractivity contribution in [3.8, 4) is 0 Å². The second-order valence-electron chi connectivity index (χ2n) is 5.35. The second kappa shape index (κ2) is 6.41. The van der Waals surface area contributed by atoms with Gasteiger partial charge in [0, 0.05) is 31.0 Å². The average molecular weight is 286 g/mol. The predicted octanol–water partition coefficient (Wildman–Crippen LogP) is 2.70. The minimum absolute atomic E-state index is 0.247. The Morgan fingerprint density at radius 3 is 2.48 bits per heavy atom. The minimum Gasteiger partial charge on any atom is -0.378 e. The molecule has 0 fully saturated rings. The highest BCUT2D eigenvalue weighted by molar-refractivity contribution is 5.68. The summed E-state index contributed by atoms with van der Waals surface area (Å²) in [6.45, 7) is 4.17. The topological polar surface area (TPSA) is 79.1 Å². The first-order valence-corrected chi connectivity index (χ1v) is 6.89. The molecule has 1 aromatic carbocycles. The lowest BCUT2D eigenvalue weighted by Gasteiger charge is -2.18. The molecule has 2 aromatic rings. The van der Waals surface area contributed by atoms with Gasteiger partial charge >= 0.3 is 0 Å². The van der Waals surface area contributed by atoms with E-state index in [1.165, 1.54) is 6.33 Å². The molecule has 1 heterocycles. The van der Waals surface area contributed by atoms with Gasteiger partial charge in [-0.15, -0.1) is 0 Å². The summed E-state index contributed by atoms with van der Waals surface area (Å²) in [5.41, 5.74) is 5.70. The zero-order chi connectivity index (χ0) is 15.4. The maximum atomic E-state index is 5.54. The number of nitrogens with two attached hydrogens (primary N) is 1. The summed E-state index contributed by atoms with van der Waals surface area (Å²) in [5, 5.41) is 3.35. The zero-order valence-electron chi connectivity index (χ0n) is 12.9. The first-order chi connectivity index (χ1) is 10.0. The van der Waals surface area contributed by atoms with E-state index in [0.717, 1.165) is 22.8 Å². The van der Waals surface area contributed by atoms with Crippen molar-refractivity contribution >= 4 is 23.0 Å². The summed E-state index contributed by atoms with van der Waals surface area (Å²) >= 11 is 0. The van der Waals surface area contributed by atoms with Gasteiger partial charge in [0.1, 0.15) is 18.0 Å². The van der Waals surface area contributed by atoms with Gasteiger partial charge in [0.25, 0.3) is 0 Å². The van der Waals surface area contributed by atoms with E-state index in [0.29, 0.717) is 5.82 Å². The number of hydrazine groups is 1. The van der Waals surface area contributed by atoms with Gasteiger partial charge in [0.05, 0.1) is 0 Å². The molecule has 0 unspecified atom stereocenters. The van der Waals surface area contributed by atoms with Crippen LogP contribution in [-0.4, -0.2) is 24.1 Å². The molecule has 6 nitrogen and oxygen atoms in total. The van der Waals surface area contributed by atoms with Gasteiger partial charge in [0.15, 0.2) is 0 Å². The molecule has 0 aliphatic heterocycles. The van der Waals surface area contributed by atoms with Gasteiger partial charge in [-0.05, 0) is 24.1 Å². The number of rotatable bonds is 5. The third kappa shape index (κ3) is 3.41. The molecule has 0 aliphatic rings. The number of benzene rings is 1. The average Bonchev–Trinajstić information content (AvgIpc) is 2.46. The Bertz CT molecular complexity index is 609. The normalized spacial score (nSPS) is 10.6. The molecule has 0 atom stereocenters. The van der Waals surface area contributed by atoms with E-state index in [1.54, 1.807) is 0 Å². The van der Waals surface area contributed by atoms with E-state index in [9.17, 15) is 0 Å². The van der Waals surface area contributed by atoms with Crippen molar-refractivity contribution in [1.82, 2.24) is 9.97 Å². The van der Waals surface area contributed by atoms with Crippen LogP contribution in [0.4, 0.5) is 23.0 Å². The van der Waals surface area contributed by atoms with Crippen molar-refractivity contribution in [2.24, 2.45) is 5.84 Å². The van der Waals surface area contributed by atoms with Crippen LogP contribution in [-0.2, 0) is 0 Å². The lowest BCUT2D eigenvalue weighted by atomic mass is 10.0. The molecular formula is C15H22N6. The third-order valence-corrected chi connectivity index (χ3v) is 3.22. The van der Waals surface area contributed by atoms with Crippen LogP contribution in [0.25, 0.3) is 0 Å². The van der Waals surface area contributed by atoms with Crippen molar-refractivity contribution in [3.05, 3.63) is 36.2 Å². The molecule has 0 saturated carbocycles. The van der Waals surface area contributed by atoms with Crippen LogP contribution in [0.1, 0.15) is 25.3 Å². The van der Waals surface area contributed by atoms with Gasteiger partial charge in [-0.2, -0.15) is 0 Å². The van der Waals surface area contributed by atoms with E-state index in [1.807, 2.05) is 26.2 Å². The number of nitrogen functional groups attached to an aromatic ring is 1. The molecule has 2 rings (SSSR count). The Labute approximate surface area is 125 Å². The fourth-order valence-corrected chi connectivity index (χ4v) is 2.16. The van der Waals surface area contributed by atoms with Crippen LogP contribution in [0.3, 0.4) is 0 Å². The van der Waals surface area contributed by atoms with Crippen LogP contribution < -0.4 is 21.5 Å². The summed E-state index contributed by atoms with van der Waals surface area (Å²) in [6, 6.07) is 8.15. The Kier molecular flexibility index (Phi) is 4.59. The molecule has 6 heteroatoms. The van der Waals surface area contributed by atoms with Crippen molar-refractivity contribution in [2.75, 3.05) is 29.7 Å². The standard InChI is InChI=1S/C15H22N6/c1-10(2)13-14(17-9-18-15(13)20-16)19-11-6-5-7-12(8-11)21(3)4/h5-10H,16H2,1-4H3,(H2,17,18,19,20). The van der Waals surface area contributed by atoms with Crippen molar-refractivity contribution < 1.29 is 0 Å². The Morgan fingerprint density at radius 1 is 1.14 bits per heavy atom. The predicted molar refractivity (Wildman–Crippen MR) is 88.0 cm³/mol. The quantitative estimate of drug-likeness (QED) is 0.579. The summed E-state index contributed by atoms with van der Waals surface area (Å²) in [7, 11) is 4.03. The van der Waals surface area contributed by atoms with Crippen molar-refractivity contribution in [2.45, 2.75) is 19.8 Å². The molecule has 112 valence electrons. The van der Waals surface area contributed by atoms with Gasteiger partial charge in [-0.25, -0.2) is 15.8 Å². The summed E-state index contributed by atoms with van der Waals surface area (Å²) in [6.07, 6.45) is 1.50. The van der Waals surface area contributed by atoms with Crippen LogP contribution >= 0.6 is 0 Å². The maximum absolute atomic E-state index is 5.54. The Morgan fingerprint density at radius 2 is 1.86 bits per heavy atom. The van der Waals surface area contributed by atoms with Gasteiger partial charge in [-0.1, -0.05) is 19.9 Å². The molecule has 21 heavy (non-hydrogen) atoms. The van der Waals surface area contributed by atoms with E-state index in [4.69, 9.17) is 5.84 Å². The summed E-state index contributed by atoms with van der Waals surface area (Å²) in [4.78, 5) is 10.6. The first kappa shape index (κ1) is 15.1. The monoisotopic (exact) mass is 286 g/mol. The van der Waals surface area contributed by atoms with Crippen molar-refractivity contribution in [3.63, 3.8) is 0 Å². The molecule has 1 aromatic heterocycles. The molecule has 0 saturated heterocycles. The first-order valence-electron chi connectivity index (χ1n) is 6.89. The zero-order valence-corrected chi connectivity index (χ0v) is 12.9. The lowest BCUT2D eigenvalue weighted by Crippen LogP contribution is -2.14. The highest BCUT2D eigenvalue weighted by atomic mass is 15.3. The van der Waals surface area contributed by atoms with Gasteiger partial charge < -0.3 is 15.6 Å². The Hall–Kier alpha value is -2.34. The molecule has 0 spiro atoms. The molecule has 4 N–H and O–H groups in total. The van der Waals surface area contributed by atoms with Gasteiger partial charge in [0.2, 0.25) is 0 Å². The van der Waals surface area contributed by atoms with Crippen LogP contribution in [0.2, 0.25) is 0 Å². The van der Waals surface area contributed by atoms with E-state index in [2.05, 4.69) is 51.6 Å². The van der Waals surface area contributed by atoms with E-state index >= 15 is 0 Å². The summed E-state index contributed by atoms with van der Waals surface area (Å²) < 4.78 is 0. The number of aromatic nitrogens is 2. The SMILES string of the molecule is CC(C)c1c(NN)ncnc1Nc1cccc(N(C)C)c1. The lowest BCUT2D eigenvalue weighted by molar-refractivity contribution is 0.850. The minimum atomic E-state index is 0.247. The molecule has 0 aliphatic carbocycles. The number of nitrogens with one attached hydrogen (secondary N) is 2. The van der Waals surface area contributed by atoms with Crippen LogP contribution in [0, 0.1) is 0 Å². The molecular weight excluding hydrogens is 264 g/mol. The molecule has 0 radical (unpaired) electrons. The summed E-state index contributed by atoms with van der Waals surface area (Å²) in [5.74, 6) is 7.20. The maximum Gasteiger partial charge on any atom is 0.148 e. The fourth-order valence-electron chi connectivity index (χ4n) is 2.16. The smallest absolute Gasteiger partial charge is 0.148 e. The van der Waals surface area contributed by atoms with Crippen LogP contribution in [0.15, 0.2) is 30.6 Å². The molecule has 0 amide bonds. The molecule has 0 bridgehead atoms. The highest BCUT2D eigenvalue weighted by Crippen LogP contribution is 2.30. The highest BCUT2D eigenvalue weighted by Gasteiger charge is 2.14. The van der Waals surface area contributed by atoms with Crippen molar-refractivity contribution in [1.29, 1.82) is 0 Å². The van der Waals surface area contributed by atoms with E-state index in [-0.39, 0.29) is 5.92 Å². The largest absolute Gasteiger partial charge is 0.378 e. The number of hydrogen-bond acceptors (Lipinski definition) is 6. The number of hydrogen-bond donors (Lipinski definition) is 3. The van der Waals surface area contributed by atoms with Gasteiger partial charge in [-0.3, -0.25) is 0 Å².